The van der Waals surface area contributed by atoms with Gasteiger partial charge in [0, 0.05) is 12.7 Å². The fourth-order valence-electron chi connectivity index (χ4n) is 1.97. The zero-order valence-corrected chi connectivity index (χ0v) is 10.5. The van der Waals surface area contributed by atoms with Crippen LogP contribution in [0.25, 0.3) is 0 Å². The van der Waals surface area contributed by atoms with Crippen LogP contribution < -0.4 is 5.32 Å². The molecule has 1 amide bonds. The first kappa shape index (κ1) is 12.8. The Morgan fingerprint density at radius 2 is 2.33 bits per heavy atom. The Bertz CT molecular complexity index is 556. The summed E-state index contributed by atoms with van der Waals surface area (Å²) >= 11 is 0. The van der Waals surface area contributed by atoms with Crippen LogP contribution in [-0.2, 0) is 9.84 Å². The van der Waals surface area contributed by atoms with Crippen molar-refractivity contribution >= 4 is 15.7 Å². The molecule has 0 radical (unpaired) electrons. The maximum absolute atomic E-state index is 11.7. The summed E-state index contributed by atoms with van der Waals surface area (Å²) in [4.78, 5) is 15.4. The van der Waals surface area contributed by atoms with Gasteiger partial charge >= 0.3 is 0 Å². The average Bonchev–Trinajstić information content (AvgIpc) is 2.66. The number of hydrogen-bond donors (Lipinski definition) is 2. The molecule has 1 atom stereocenters. The minimum absolute atomic E-state index is 0.0862. The molecule has 0 saturated carbocycles. The summed E-state index contributed by atoms with van der Waals surface area (Å²) in [7, 11) is -3.06. The van der Waals surface area contributed by atoms with Crippen LogP contribution in [0.5, 0.6) is 5.75 Å². The Labute approximate surface area is 105 Å². The minimum Gasteiger partial charge on any atom is -0.505 e. The Hall–Kier alpha value is -1.63. The van der Waals surface area contributed by atoms with E-state index in [0.717, 1.165) is 0 Å². The van der Waals surface area contributed by atoms with E-state index in [4.69, 9.17) is 0 Å². The third kappa shape index (κ3) is 2.61. The van der Waals surface area contributed by atoms with E-state index in [0.29, 0.717) is 12.8 Å². The molecule has 2 rings (SSSR count). The van der Waals surface area contributed by atoms with E-state index in [-0.39, 0.29) is 23.6 Å². The first-order chi connectivity index (χ1) is 8.50. The molecule has 2 heterocycles. The standard InChI is InChI=1S/C11H14N2O4S/c14-10-7-12-4-3-9(10)11(15)13-6-8-2-1-5-18(8,16)17/h3-4,7-8,14H,1-2,5-6H2,(H,13,15). The summed E-state index contributed by atoms with van der Waals surface area (Å²) in [5.41, 5.74) is 0.0976. The van der Waals surface area contributed by atoms with Gasteiger partial charge in [0.25, 0.3) is 5.91 Å². The Balaban J connectivity index is 1.99. The molecule has 6 nitrogen and oxygen atoms in total. The molecule has 1 fully saturated rings. The van der Waals surface area contributed by atoms with Crippen molar-refractivity contribution < 1.29 is 18.3 Å². The number of aromatic hydroxyl groups is 1. The lowest BCUT2D eigenvalue weighted by atomic mass is 10.2. The van der Waals surface area contributed by atoms with E-state index >= 15 is 0 Å². The number of nitrogens with zero attached hydrogens (tertiary/aromatic N) is 1. The molecule has 0 bridgehead atoms. The molecule has 1 aromatic rings. The van der Waals surface area contributed by atoms with Gasteiger partial charge in [0.1, 0.15) is 5.75 Å². The van der Waals surface area contributed by atoms with E-state index in [1.54, 1.807) is 0 Å². The molecule has 2 N–H and O–H groups in total. The van der Waals surface area contributed by atoms with Crippen LogP contribution >= 0.6 is 0 Å². The number of rotatable bonds is 3. The second-order valence-electron chi connectivity index (χ2n) is 4.23. The minimum atomic E-state index is -3.06. The zero-order valence-electron chi connectivity index (χ0n) is 9.67. The van der Waals surface area contributed by atoms with Crippen LogP contribution in [-0.4, -0.2) is 42.0 Å². The van der Waals surface area contributed by atoms with Crippen molar-refractivity contribution in [1.29, 1.82) is 0 Å². The van der Waals surface area contributed by atoms with Crippen LogP contribution in [0.1, 0.15) is 23.2 Å². The lowest BCUT2D eigenvalue weighted by Gasteiger charge is -2.11. The predicted molar refractivity (Wildman–Crippen MR) is 65.0 cm³/mol. The quantitative estimate of drug-likeness (QED) is 0.811. The molecule has 1 aliphatic heterocycles. The number of aromatic nitrogens is 1. The SMILES string of the molecule is O=C(NCC1CCCS1(=O)=O)c1ccncc1O. The number of nitrogens with one attached hydrogen (secondary N) is 1. The van der Waals surface area contributed by atoms with Gasteiger partial charge in [-0.15, -0.1) is 0 Å². The van der Waals surface area contributed by atoms with E-state index in [2.05, 4.69) is 10.3 Å². The second-order valence-corrected chi connectivity index (χ2v) is 6.63. The molecule has 0 spiro atoms. The normalized spacial score (nSPS) is 21.7. The molecule has 1 saturated heterocycles. The molecule has 1 unspecified atom stereocenters. The summed E-state index contributed by atoms with van der Waals surface area (Å²) in [5, 5.41) is 11.5. The van der Waals surface area contributed by atoms with Gasteiger partial charge in [-0.25, -0.2) is 8.42 Å². The maximum Gasteiger partial charge on any atom is 0.255 e. The van der Waals surface area contributed by atoms with Gasteiger partial charge in [0.05, 0.1) is 22.8 Å². The van der Waals surface area contributed by atoms with E-state index in [1.165, 1.54) is 18.5 Å². The average molecular weight is 270 g/mol. The smallest absolute Gasteiger partial charge is 0.255 e. The van der Waals surface area contributed by atoms with Crippen LogP contribution in [0.15, 0.2) is 18.5 Å². The van der Waals surface area contributed by atoms with E-state index < -0.39 is 21.0 Å². The van der Waals surface area contributed by atoms with Crippen LogP contribution in [0.3, 0.4) is 0 Å². The molecule has 1 aliphatic rings. The Kier molecular flexibility index (Phi) is 3.51. The third-order valence-electron chi connectivity index (χ3n) is 3.00. The fourth-order valence-corrected chi connectivity index (χ4v) is 3.73. The highest BCUT2D eigenvalue weighted by Crippen LogP contribution is 2.19. The van der Waals surface area contributed by atoms with Gasteiger partial charge in [-0.3, -0.25) is 9.78 Å². The molecule has 0 aliphatic carbocycles. The monoisotopic (exact) mass is 270 g/mol. The van der Waals surface area contributed by atoms with Crippen LogP contribution in [0, 0.1) is 0 Å². The predicted octanol–water partition coefficient (Wildman–Crippen LogP) is 0.0942. The van der Waals surface area contributed by atoms with Crippen LogP contribution in [0.4, 0.5) is 0 Å². The van der Waals surface area contributed by atoms with Gasteiger partial charge in [-0.05, 0) is 18.9 Å². The van der Waals surface area contributed by atoms with Crippen molar-refractivity contribution in [2.75, 3.05) is 12.3 Å². The zero-order chi connectivity index (χ0) is 13.2. The third-order valence-corrected chi connectivity index (χ3v) is 5.27. The van der Waals surface area contributed by atoms with Crippen molar-refractivity contribution in [1.82, 2.24) is 10.3 Å². The summed E-state index contributed by atoms with van der Waals surface area (Å²) in [6.45, 7) is 0.0862. The van der Waals surface area contributed by atoms with Crippen molar-refractivity contribution in [3.05, 3.63) is 24.0 Å². The summed E-state index contributed by atoms with van der Waals surface area (Å²) in [6.07, 6.45) is 3.77. The van der Waals surface area contributed by atoms with Gasteiger partial charge in [-0.1, -0.05) is 0 Å². The number of carbonyl (C=O) groups excluding carboxylic acids is 1. The lowest BCUT2D eigenvalue weighted by molar-refractivity contribution is 0.0951. The highest BCUT2D eigenvalue weighted by Gasteiger charge is 2.31. The largest absolute Gasteiger partial charge is 0.505 e. The fraction of sp³-hybridized carbons (Fsp3) is 0.455. The molecule has 7 heteroatoms. The number of hydrogen-bond acceptors (Lipinski definition) is 5. The molecule has 0 aromatic carbocycles. The van der Waals surface area contributed by atoms with Crippen molar-refractivity contribution in [2.24, 2.45) is 0 Å². The van der Waals surface area contributed by atoms with E-state index in [1.807, 2.05) is 0 Å². The topological polar surface area (TPSA) is 96.4 Å². The lowest BCUT2D eigenvalue weighted by Crippen LogP contribution is -2.34. The van der Waals surface area contributed by atoms with Crippen LogP contribution in [0.2, 0.25) is 0 Å². The van der Waals surface area contributed by atoms with Gasteiger partial charge < -0.3 is 10.4 Å². The number of sulfone groups is 1. The first-order valence-corrected chi connectivity index (χ1v) is 7.35. The van der Waals surface area contributed by atoms with Gasteiger partial charge in [0.15, 0.2) is 9.84 Å². The molecular weight excluding hydrogens is 256 g/mol. The summed E-state index contributed by atoms with van der Waals surface area (Å²) in [5.74, 6) is -0.519. The van der Waals surface area contributed by atoms with Crippen molar-refractivity contribution in [3.63, 3.8) is 0 Å². The van der Waals surface area contributed by atoms with E-state index in [9.17, 15) is 18.3 Å². The molecular formula is C11H14N2O4S. The van der Waals surface area contributed by atoms with Crippen molar-refractivity contribution in [3.8, 4) is 5.75 Å². The number of carbonyl (C=O) groups is 1. The van der Waals surface area contributed by atoms with Gasteiger partial charge in [-0.2, -0.15) is 0 Å². The molecule has 98 valence electrons. The highest BCUT2D eigenvalue weighted by atomic mass is 32.2. The highest BCUT2D eigenvalue weighted by molar-refractivity contribution is 7.92. The maximum atomic E-state index is 11.7. The Morgan fingerprint density at radius 3 is 2.94 bits per heavy atom. The molecule has 18 heavy (non-hydrogen) atoms. The van der Waals surface area contributed by atoms with Crippen molar-refractivity contribution in [2.45, 2.75) is 18.1 Å². The first-order valence-electron chi connectivity index (χ1n) is 5.63. The summed E-state index contributed by atoms with van der Waals surface area (Å²) in [6, 6.07) is 1.38. The number of amides is 1. The number of pyridine rings is 1. The summed E-state index contributed by atoms with van der Waals surface area (Å²) < 4.78 is 23.1. The molecule has 1 aromatic heterocycles. The van der Waals surface area contributed by atoms with Gasteiger partial charge in [0.2, 0.25) is 0 Å². The Morgan fingerprint density at radius 1 is 1.56 bits per heavy atom. The second kappa shape index (κ2) is 4.93.